The number of hydrogen-bond donors (Lipinski definition) is 0. The van der Waals surface area contributed by atoms with Gasteiger partial charge in [0.25, 0.3) is 5.22 Å². The Hall–Kier alpha value is -1.30. The highest BCUT2D eigenvalue weighted by molar-refractivity contribution is 9.10. The third-order valence-electron chi connectivity index (χ3n) is 2.75. The van der Waals surface area contributed by atoms with Crippen molar-refractivity contribution in [1.29, 1.82) is 0 Å². The molecule has 0 N–H and O–H groups in total. The zero-order chi connectivity index (χ0) is 14.7. The van der Waals surface area contributed by atoms with Crippen molar-refractivity contribution in [3.63, 3.8) is 0 Å². The van der Waals surface area contributed by atoms with E-state index in [1.165, 1.54) is 17.3 Å². The van der Waals surface area contributed by atoms with Gasteiger partial charge in [-0.15, -0.1) is 10.2 Å². The van der Waals surface area contributed by atoms with Crippen LogP contribution >= 0.6 is 39.3 Å². The number of rotatable bonds is 4. The standard InChI is InChI=1S/C15H10BrClN2OS/c16-12-6-4-10(5-7-12)9-21-15-19-18-14(20-15)11-2-1-3-13(17)8-11/h1-8H,9H2. The number of benzene rings is 2. The maximum Gasteiger partial charge on any atom is 0.277 e. The maximum atomic E-state index is 5.96. The molecule has 0 amide bonds. The van der Waals surface area contributed by atoms with Gasteiger partial charge in [0.2, 0.25) is 5.89 Å². The van der Waals surface area contributed by atoms with Gasteiger partial charge < -0.3 is 4.42 Å². The Labute approximate surface area is 139 Å². The molecule has 0 saturated heterocycles. The number of aromatic nitrogens is 2. The molecule has 2 aromatic carbocycles. The zero-order valence-corrected chi connectivity index (χ0v) is 14.0. The fourth-order valence-corrected chi connectivity index (χ4v) is 2.91. The number of thioether (sulfide) groups is 1. The van der Waals surface area contributed by atoms with E-state index in [-0.39, 0.29) is 0 Å². The van der Waals surface area contributed by atoms with Crippen LogP contribution in [0.4, 0.5) is 0 Å². The molecule has 0 radical (unpaired) electrons. The van der Waals surface area contributed by atoms with Crippen LogP contribution in [0.3, 0.4) is 0 Å². The molecule has 1 heterocycles. The molecule has 21 heavy (non-hydrogen) atoms. The zero-order valence-electron chi connectivity index (χ0n) is 10.8. The van der Waals surface area contributed by atoms with Gasteiger partial charge in [-0.25, -0.2) is 0 Å². The molecule has 0 atom stereocenters. The summed E-state index contributed by atoms with van der Waals surface area (Å²) in [5.74, 6) is 1.26. The van der Waals surface area contributed by atoms with Crippen molar-refractivity contribution in [3.8, 4) is 11.5 Å². The minimum absolute atomic E-state index is 0.482. The van der Waals surface area contributed by atoms with Crippen LogP contribution in [0.5, 0.6) is 0 Å². The van der Waals surface area contributed by atoms with E-state index in [9.17, 15) is 0 Å². The lowest BCUT2D eigenvalue weighted by Crippen LogP contribution is -1.80. The molecule has 0 spiro atoms. The van der Waals surface area contributed by atoms with Gasteiger partial charge in [0.15, 0.2) is 0 Å². The van der Waals surface area contributed by atoms with Crippen LogP contribution in [0.2, 0.25) is 5.02 Å². The quantitative estimate of drug-likeness (QED) is 0.564. The van der Waals surface area contributed by atoms with Crippen molar-refractivity contribution in [1.82, 2.24) is 10.2 Å². The van der Waals surface area contributed by atoms with E-state index in [1.807, 2.05) is 30.3 Å². The fourth-order valence-electron chi connectivity index (χ4n) is 1.73. The summed E-state index contributed by atoms with van der Waals surface area (Å²) in [6.45, 7) is 0. The van der Waals surface area contributed by atoms with Crippen LogP contribution in [-0.2, 0) is 5.75 Å². The molecular formula is C15H10BrClN2OS. The predicted molar refractivity (Wildman–Crippen MR) is 88.4 cm³/mol. The van der Waals surface area contributed by atoms with Gasteiger partial charge in [0.05, 0.1) is 0 Å². The van der Waals surface area contributed by atoms with Crippen molar-refractivity contribution >= 4 is 39.3 Å². The summed E-state index contributed by atoms with van der Waals surface area (Å²) < 4.78 is 6.71. The van der Waals surface area contributed by atoms with Crippen molar-refractivity contribution < 1.29 is 4.42 Å². The van der Waals surface area contributed by atoms with Crippen molar-refractivity contribution in [2.45, 2.75) is 11.0 Å². The second-order valence-electron chi connectivity index (χ2n) is 4.30. The molecule has 0 aliphatic carbocycles. The molecule has 3 nitrogen and oxygen atoms in total. The van der Waals surface area contributed by atoms with E-state index in [0.717, 1.165) is 15.8 Å². The van der Waals surface area contributed by atoms with E-state index < -0.39 is 0 Å². The van der Waals surface area contributed by atoms with Crippen molar-refractivity contribution in [3.05, 3.63) is 63.6 Å². The molecule has 0 aliphatic heterocycles. The van der Waals surface area contributed by atoms with Gasteiger partial charge in [0, 0.05) is 20.8 Å². The summed E-state index contributed by atoms with van der Waals surface area (Å²) in [6.07, 6.45) is 0. The molecule has 1 aromatic heterocycles. The van der Waals surface area contributed by atoms with Gasteiger partial charge in [-0.05, 0) is 35.9 Å². The topological polar surface area (TPSA) is 38.9 Å². The monoisotopic (exact) mass is 380 g/mol. The largest absolute Gasteiger partial charge is 0.411 e. The van der Waals surface area contributed by atoms with Crippen LogP contribution in [0.25, 0.3) is 11.5 Å². The summed E-state index contributed by atoms with van der Waals surface area (Å²) in [5, 5.41) is 9.30. The number of hydrogen-bond acceptors (Lipinski definition) is 4. The second-order valence-corrected chi connectivity index (χ2v) is 6.58. The maximum absolute atomic E-state index is 5.96. The van der Waals surface area contributed by atoms with Crippen LogP contribution in [0, 0.1) is 0 Å². The Morgan fingerprint density at radius 3 is 2.67 bits per heavy atom. The molecule has 106 valence electrons. The highest BCUT2D eigenvalue weighted by Crippen LogP contribution is 2.27. The van der Waals surface area contributed by atoms with Gasteiger partial charge in [-0.3, -0.25) is 0 Å². The first-order chi connectivity index (χ1) is 10.2. The van der Waals surface area contributed by atoms with Crippen LogP contribution in [-0.4, -0.2) is 10.2 Å². The van der Waals surface area contributed by atoms with E-state index in [2.05, 4.69) is 38.3 Å². The third kappa shape index (κ3) is 3.87. The first kappa shape index (κ1) is 14.6. The predicted octanol–water partition coefficient (Wildman–Crippen LogP) is 5.44. The molecule has 6 heteroatoms. The Bertz CT molecular complexity index is 745. The normalized spacial score (nSPS) is 10.8. The lowest BCUT2D eigenvalue weighted by atomic mass is 10.2. The van der Waals surface area contributed by atoms with Crippen LogP contribution < -0.4 is 0 Å². The smallest absolute Gasteiger partial charge is 0.277 e. The molecular weight excluding hydrogens is 372 g/mol. The molecule has 3 aromatic rings. The van der Waals surface area contributed by atoms with Gasteiger partial charge in [-0.2, -0.15) is 0 Å². The first-order valence-corrected chi connectivity index (χ1v) is 8.33. The molecule has 3 rings (SSSR count). The molecule has 0 bridgehead atoms. The Kier molecular flexibility index (Phi) is 4.63. The van der Waals surface area contributed by atoms with Crippen molar-refractivity contribution in [2.75, 3.05) is 0 Å². The first-order valence-electron chi connectivity index (χ1n) is 6.17. The molecule has 0 fully saturated rings. The summed E-state index contributed by atoms with van der Waals surface area (Å²) in [7, 11) is 0. The summed E-state index contributed by atoms with van der Waals surface area (Å²) >= 11 is 10.9. The van der Waals surface area contributed by atoms with Crippen LogP contribution in [0.1, 0.15) is 5.56 Å². The van der Waals surface area contributed by atoms with E-state index in [1.54, 1.807) is 6.07 Å². The second kappa shape index (κ2) is 6.64. The average Bonchev–Trinajstić information content (AvgIpc) is 2.96. The summed E-state index contributed by atoms with van der Waals surface area (Å²) in [4.78, 5) is 0. The molecule has 0 saturated carbocycles. The third-order valence-corrected chi connectivity index (χ3v) is 4.41. The van der Waals surface area contributed by atoms with Gasteiger partial charge in [-0.1, -0.05) is 57.5 Å². The summed E-state index contributed by atoms with van der Waals surface area (Å²) in [5.41, 5.74) is 2.02. The lowest BCUT2D eigenvalue weighted by Gasteiger charge is -1.98. The average molecular weight is 382 g/mol. The minimum atomic E-state index is 0.482. The lowest BCUT2D eigenvalue weighted by molar-refractivity contribution is 0.466. The Morgan fingerprint density at radius 1 is 1.10 bits per heavy atom. The fraction of sp³-hybridized carbons (Fsp3) is 0.0667. The Balaban J connectivity index is 1.69. The number of halogens is 2. The van der Waals surface area contributed by atoms with E-state index in [4.69, 9.17) is 16.0 Å². The molecule has 0 unspecified atom stereocenters. The van der Waals surface area contributed by atoms with E-state index in [0.29, 0.717) is 16.1 Å². The summed E-state index contributed by atoms with van der Waals surface area (Å²) in [6, 6.07) is 15.5. The SMILES string of the molecule is Clc1cccc(-c2nnc(SCc3ccc(Br)cc3)o2)c1. The van der Waals surface area contributed by atoms with Crippen LogP contribution in [0.15, 0.2) is 62.6 Å². The highest BCUT2D eigenvalue weighted by Gasteiger charge is 2.09. The molecule has 0 aliphatic rings. The number of nitrogens with zero attached hydrogens (tertiary/aromatic N) is 2. The Morgan fingerprint density at radius 2 is 1.90 bits per heavy atom. The van der Waals surface area contributed by atoms with Gasteiger partial charge in [0.1, 0.15) is 0 Å². The van der Waals surface area contributed by atoms with E-state index >= 15 is 0 Å². The highest BCUT2D eigenvalue weighted by atomic mass is 79.9. The van der Waals surface area contributed by atoms with Crippen molar-refractivity contribution in [2.24, 2.45) is 0 Å². The van der Waals surface area contributed by atoms with Gasteiger partial charge >= 0.3 is 0 Å². The minimum Gasteiger partial charge on any atom is -0.411 e.